The van der Waals surface area contributed by atoms with E-state index in [0.29, 0.717) is 24.6 Å². The summed E-state index contributed by atoms with van der Waals surface area (Å²) in [5.74, 6) is 0.345. The molecule has 1 aromatic heterocycles. The lowest BCUT2D eigenvalue weighted by Gasteiger charge is -2.05. The van der Waals surface area contributed by atoms with Crippen molar-refractivity contribution in [3.8, 4) is 5.69 Å². The molecule has 4 heteroatoms. The van der Waals surface area contributed by atoms with E-state index in [2.05, 4.69) is 5.10 Å². The lowest BCUT2D eigenvalue weighted by atomic mass is 10.1. The van der Waals surface area contributed by atoms with E-state index >= 15 is 0 Å². The molecule has 1 fully saturated rings. The fourth-order valence-electron chi connectivity index (χ4n) is 2.13. The van der Waals surface area contributed by atoms with E-state index in [1.165, 1.54) is 12.8 Å². The lowest BCUT2D eigenvalue weighted by Crippen LogP contribution is -2.04. The molecule has 0 atom stereocenters. The Morgan fingerprint density at radius 1 is 1.33 bits per heavy atom. The largest absolute Gasteiger partial charge is 0.330 e. The highest BCUT2D eigenvalue weighted by Gasteiger charge is 2.26. The number of hydrogen-bond donors (Lipinski definition) is 1. The molecule has 1 saturated carbocycles. The van der Waals surface area contributed by atoms with Gasteiger partial charge in [0.15, 0.2) is 0 Å². The van der Waals surface area contributed by atoms with Crippen molar-refractivity contribution in [2.24, 2.45) is 5.73 Å². The molecule has 0 spiro atoms. The van der Waals surface area contributed by atoms with Gasteiger partial charge in [0, 0.05) is 12.1 Å². The van der Waals surface area contributed by atoms with Crippen LogP contribution in [0.15, 0.2) is 30.5 Å². The summed E-state index contributed by atoms with van der Waals surface area (Å²) in [5.41, 5.74) is 7.96. The second kappa shape index (κ2) is 4.53. The van der Waals surface area contributed by atoms with Crippen molar-refractivity contribution in [2.75, 3.05) is 6.54 Å². The molecular formula is C14H16FN3. The van der Waals surface area contributed by atoms with Crippen molar-refractivity contribution in [1.82, 2.24) is 9.78 Å². The maximum absolute atomic E-state index is 14.0. The van der Waals surface area contributed by atoms with E-state index in [0.717, 1.165) is 11.3 Å². The van der Waals surface area contributed by atoms with Gasteiger partial charge in [-0.05, 0) is 49.6 Å². The summed E-state index contributed by atoms with van der Waals surface area (Å²) in [4.78, 5) is 0. The first-order chi connectivity index (χ1) is 8.78. The van der Waals surface area contributed by atoms with Crippen LogP contribution < -0.4 is 5.73 Å². The Balaban J connectivity index is 1.90. The zero-order valence-electron chi connectivity index (χ0n) is 10.1. The second-order valence-electron chi connectivity index (χ2n) is 4.78. The van der Waals surface area contributed by atoms with Crippen LogP contribution in [0.2, 0.25) is 0 Å². The predicted octanol–water partition coefficient (Wildman–Crippen LogP) is 2.39. The van der Waals surface area contributed by atoms with Crippen LogP contribution in [-0.4, -0.2) is 16.3 Å². The molecule has 2 N–H and O–H groups in total. The minimum Gasteiger partial charge on any atom is -0.330 e. The molecule has 0 amide bonds. The number of rotatable bonds is 4. The Morgan fingerprint density at radius 3 is 2.83 bits per heavy atom. The van der Waals surface area contributed by atoms with Gasteiger partial charge >= 0.3 is 0 Å². The van der Waals surface area contributed by atoms with Gasteiger partial charge < -0.3 is 5.73 Å². The van der Waals surface area contributed by atoms with E-state index in [4.69, 9.17) is 5.73 Å². The summed E-state index contributed by atoms with van der Waals surface area (Å²) in [6.07, 6.45) is 4.93. The van der Waals surface area contributed by atoms with Crippen molar-refractivity contribution in [3.63, 3.8) is 0 Å². The Bertz CT molecular complexity index is 558. The first-order valence-corrected chi connectivity index (χ1v) is 6.32. The van der Waals surface area contributed by atoms with E-state index in [1.54, 1.807) is 16.8 Å². The fourth-order valence-corrected chi connectivity index (χ4v) is 2.13. The van der Waals surface area contributed by atoms with Crippen molar-refractivity contribution < 1.29 is 4.39 Å². The molecule has 1 aliphatic rings. The van der Waals surface area contributed by atoms with Gasteiger partial charge in [-0.3, -0.25) is 0 Å². The van der Waals surface area contributed by atoms with E-state index in [1.807, 2.05) is 18.3 Å². The number of benzene rings is 1. The molecule has 1 heterocycles. The molecule has 0 saturated heterocycles. The van der Waals surface area contributed by atoms with Crippen LogP contribution in [0.5, 0.6) is 0 Å². The van der Waals surface area contributed by atoms with Crippen LogP contribution in [0.25, 0.3) is 5.69 Å². The van der Waals surface area contributed by atoms with Gasteiger partial charge in [0.25, 0.3) is 0 Å². The zero-order chi connectivity index (χ0) is 12.5. The minimum absolute atomic E-state index is 0.244. The van der Waals surface area contributed by atoms with Crippen molar-refractivity contribution in [1.29, 1.82) is 0 Å². The van der Waals surface area contributed by atoms with Crippen molar-refractivity contribution in [3.05, 3.63) is 47.5 Å². The summed E-state index contributed by atoms with van der Waals surface area (Å²) >= 11 is 0. The molecule has 3 rings (SSSR count). The molecule has 18 heavy (non-hydrogen) atoms. The molecule has 94 valence electrons. The highest BCUT2D eigenvalue weighted by molar-refractivity contribution is 5.36. The summed E-state index contributed by atoms with van der Waals surface area (Å²) in [5, 5.41) is 4.43. The molecule has 3 nitrogen and oxygen atoms in total. The Labute approximate surface area is 105 Å². The molecule has 0 radical (unpaired) electrons. The molecule has 1 aliphatic carbocycles. The highest BCUT2D eigenvalue weighted by atomic mass is 19.1. The third-order valence-electron chi connectivity index (χ3n) is 3.30. The Kier molecular flexibility index (Phi) is 2.88. The summed E-state index contributed by atoms with van der Waals surface area (Å²) < 4.78 is 15.6. The predicted molar refractivity (Wildman–Crippen MR) is 68.3 cm³/mol. The molecule has 0 aliphatic heterocycles. The smallest absolute Gasteiger partial charge is 0.149 e. The number of nitrogens with two attached hydrogens (primary N) is 1. The second-order valence-corrected chi connectivity index (χ2v) is 4.78. The average Bonchev–Trinajstić information content (AvgIpc) is 3.09. The standard InChI is InChI=1S/C14H16FN3/c15-12-9-10(5-7-16)1-4-14(12)18-8-6-13(17-18)11-2-3-11/h1,4,6,8-9,11H,2-3,5,7,16H2. The van der Waals surface area contributed by atoms with Gasteiger partial charge in [0.05, 0.1) is 5.69 Å². The molecule has 1 aromatic carbocycles. The number of halogens is 1. The topological polar surface area (TPSA) is 43.8 Å². The Hall–Kier alpha value is -1.68. The van der Waals surface area contributed by atoms with Gasteiger partial charge in [0.1, 0.15) is 11.5 Å². The minimum atomic E-state index is -0.244. The first-order valence-electron chi connectivity index (χ1n) is 6.32. The third-order valence-corrected chi connectivity index (χ3v) is 3.30. The SMILES string of the molecule is NCCc1ccc(-n2ccc(C3CC3)n2)c(F)c1. The van der Waals surface area contributed by atoms with E-state index in [-0.39, 0.29) is 5.82 Å². The van der Waals surface area contributed by atoms with Gasteiger partial charge in [-0.2, -0.15) is 5.10 Å². The zero-order valence-corrected chi connectivity index (χ0v) is 10.1. The van der Waals surface area contributed by atoms with Crippen LogP contribution >= 0.6 is 0 Å². The maximum atomic E-state index is 14.0. The van der Waals surface area contributed by atoms with Crippen molar-refractivity contribution >= 4 is 0 Å². The van der Waals surface area contributed by atoms with Crippen LogP contribution in [0.4, 0.5) is 4.39 Å². The monoisotopic (exact) mass is 245 g/mol. The van der Waals surface area contributed by atoms with Crippen molar-refractivity contribution in [2.45, 2.75) is 25.2 Å². The first kappa shape index (κ1) is 11.4. The highest BCUT2D eigenvalue weighted by Crippen LogP contribution is 2.39. The normalized spacial score (nSPS) is 15.0. The van der Waals surface area contributed by atoms with Crippen LogP contribution in [-0.2, 0) is 6.42 Å². The third kappa shape index (κ3) is 2.16. The average molecular weight is 245 g/mol. The molecule has 0 unspecified atom stereocenters. The molecule has 0 bridgehead atoms. The summed E-state index contributed by atoms with van der Waals surface area (Å²) in [6.45, 7) is 0.534. The quantitative estimate of drug-likeness (QED) is 0.898. The van der Waals surface area contributed by atoms with Gasteiger partial charge in [-0.1, -0.05) is 6.07 Å². The van der Waals surface area contributed by atoms with Gasteiger partial charge in [0.2, 0.25) is 0 Å². The van der Waals surface area contributed by atoms with E-state index in [9.17, 15) is 4.39 Å². The lowest BCUT2D eigenvalue weighted by molar-refractivity contribution is 0.607. The maximum Gasteiger partial charge on any atom is 0.149 e. The molecule has 2 aromatic rings. The van der Waals surface area contributed by atoms with E-state index < -0.39 is 0 Å². The number of nitrogens with zero attached hydrogens (tertiary/aromatic N) is 2. The molecular weight excluding hydrogens is 229 g/mol. The van der Waals surface area contributed by atoms with Crippen LogP contribution in [0.1, 0.15) is 30.0 Å². The van der Waals surface area contributed by atoms with Gasteiger partial charge in [-0.25, -0.2) is 9.07 Å². The number of hydrogen-bond acceptors (Lipinski definition) is 2. The fraction of sp³-hybridized carbons (Fsp3) is 0.357. The number of aromatic nitrogens is 2. The summed E-state index contributed by atoms with van der Waals surface area (Å²) in [7, 11) is 0. The van der Waals surface area contributed by atoms with Gasteiger partial charge in [-0.15, -0.1) is 0 Å². The summed E-state index contributed by atoms with van der Waals surface area (Å²) in [6, 6.07) is 7.19. The van der Waals surface area contributed by atoms with Crippen LogP contribution in [0.3, 0.4) is 0 Å². The Morgan fingerprint density at radius 2 is 2.17 bits per heavy atom. The van der Waals surface area contributed by atoms with Crippen LogP contribution in [0, 0.1) is 5.82 Å².